The molecule has 21 heavy (non-hydrogen) atoms. The van der Waals surface area contributed by atoms with Crippen LogP contribution < -0.4 is 15.8 Å². The van der Waals surface area contributed by atoms with Gasteiger partial charge in [-0.15, -0.1) is 0 Å². The van der Waals surface area contributed by atoms with Crippen LogP contribution in [-0.2, 0) is 11.3 Å². The van der Waals surface area contributed by atoms with E-state index in [-0.39, 0.29) is 5.82 Å². The molecule has 0 heterocycles. The Morgan fingerprint density at radius 1 is 1.29 bits per heavy atom. The maximum absolute atomic E-state index is 13.4. The van der Waals surface area contributed by atoms with Crippen LogP contribution >= 0.6 is 0 Å². The Kier molecular flexibility index (Phi) is 4.90. The molecule has 0 aliphatic heterocycles. The zero-order chi connectivity index (χ0) is 15.2. The molecule has 4 nitrogen and oxygen atoms in total. The highest BCUT2D eigenvalue weighted by Crippen LogP contribution is 2.18. The van der Waals surface area contributed by atoms with Crippen molar-refractivity contribution >= 4 is 5.91 Å². The third-order valence-electron chi connectivity index (χ3n) is 3.09. The fourth-order valence-corrected chi connectivity index (χ4v) is 2.09. The maximum atomic E-state index is 13.4. The van der Waals surface area contributed by atoms with Gasteiger partial charge in [0, 0.05) is 12.6 Å². The predicted octanol–water partition coefficient (Wildman–Crippen LogP) is 2.15. The van der Waals surface area contributed by atoms with Gasteiger partial charge >= 0.3 is 0 Å². The molecule has 0 bridgehead atoms. The molecule has 0 saturated heterocycles. The van der Waals surface area contributed by atoms with Gasteiger partial charge in [0.15, 0.2) is 0 Å². The summed E-state index contributed by atoms with van der Waals surface area (Å²) in [5.74, 6) is -0.437. The summed E-state index contributed by atoms with van der Waals surface area (Å²) in [4.78, 5) is 11.6. The highest BCUT2D eigenvalue weighted by molar-refractivity contribution is 5.81. The first kappa shape index (κ1) is 15.0. The zero-order valence-electron chi connectivity index (χ0n) is 11.7. The Hall–Kier alpha value is -2.40. The summed E-state index contributed by atoms with van der Waals surface area (Å²) in [6.07, 6.45) is 0. The van der Waals surface area contributed by atoms with Crippen LogP contribution in [-0.4, -0.2) is 13.0 Å². The summed E-state index contributed by atoms with van der Waals surface area (Å²) < 4.78 is 18.4. The maximum Gasteiger partial charge on any atom is 0.239 e. The molecule has 0 saturated carbocycles. The number of hydrogen-bond donors (Lipinski definition) is 2. The summed E-state index contributed by atoms with van der Waals surface area (Å²) in [6, 6.07) is 12.9. The highest BCUT2D eigenvalue weighted by atomic mass is 19.1. The van der Waals surface area contributed by atoms with Crippen molar-refractivity contribution in [1.82, 2.24) is 5.32 Å². The lowest BCUT2D eigenvalue weighted by atomic mass is 10.1. The van der Waals surface area contributed by atoms with E-state index in [4.69, 9.17) is 10.5 Å². The first-order chi connectivity index (χ1) is 10.1. The number of methoxy groups -OCH3 is 1. The van der Waals surface area contributed by atoms with Crippen LogP contribution in [0.25, 0.3) is 0 Å². The minimum Gasteiger partial charge on any atom is -0.497 e. The van der Waals surface area contributed by atoms with Crippen molar-refractivity contribution in [2.75, 3.05) is 7.11 Å². The molecule has 5 heteroatoms. The van der Waals surface area contributed by atoms with Crippen molar-refractivity contribution in [3.63, 3.8) is 0 Å². The lowest BCUT2D eigenvalue weighted by Gasteiger charge is -2.16. The lowest BCUT2D eigenvalue weighted by Crippen LogP contribution is -2.33. The average molecular weight is 288 g/mol. The molecule has 0 unspecified atom stereocenters. The third-order valence-corrected chi connectivity index (χ3v) is 3.09. The van der Waals surface area contributed by atoms with E-state index in [1.807, 2.05) is 30.3 Å². The first-order valence-corrected chi connectivity index (χ1v) is 6.51. The van der Waals surface area contributed by atoms with Crippen molar-refractivity contribution in [3.05, 3.63) is 65.5 Å². The molecular weight excluding hydrogens is 271 g/mol. The molecule has 0 aliphatic carbocycles. The van der Waals surface area contributed by atoms with Gasteiger partial charge in [0.1, 0.15) is 17.6 Å². The van der Waals surface area contributed by atoms with Gasteiger partial charge < -0.3 is 10.5 Å². The van der Waals surface area contributed by atoms with Crippen LogP contribution in [0.15, 0.2) is 48.5 Å². The molecule has 110 valence electrons. The van der Waals surface area contributed by atoms with Gasteiger partial charge in [-0.3, -0.25) is 10.1 Å². The quantitative estimate of drug-likeness (QED) is 0.856. The molecule has 0 fully saturated rings. The molecule has 3 N–H and O–H groups in total. The predicted molar refractivity (Wildman–Crippen MR) is 78.2 cm³/mol. The number of halogens is 1. The van der Waals surface area contributed by atoms with Crippen LogP contribution in [0.1, 0.15) is 17.2 Å². The van der Waals surface area contributed by atoms with E-state index in [1.165, 1.54) is 19.2 Å². The summed E-state index contributed by atoms with van der Waals surface area (Å²) in [7, 11) is 1.47. The van der Waals surface area contributed by atoms with Gasteiger partial charge in [0.05, 0.1) is 7.11 Å². The second kappa shape index (κ2) is 6.85. The number of nitrogens with one attached hydrogen (secondary N) is 1. The van der Waals surface area contributed by atoms with E-state index in [2.05, 4.69) is 5.32 Å². The zero-order valence-corrected chi connectivity index (χ0v) is 11.7. The Morgan fingerprint density at radius 2 is 2.00 bits per heavy atom. The van der Waals surface area contributed by atoms with Crippen LogP contribution in [0, 0.1) is 5.82 Å². The number of benzene rings is 2. The van der Waals surface area contributed by atoms with Crippen LogP contribution in [0.3, 0.4) is 0 Å². The number of primary amides is 1. The summed E-state index contributed by atoms with van der Waals surface area (Å²) >= 11 is 0. The SMILES string of the molecule is COc1cc(F)cc(CN[C@@H](C(N)=O)c2ccccc2)c1. The fourth-order valence-electron chi connectivity index (χ4n) is 2.09. The van der Waals surface area contributed by atoms with Crippen LogP contribution in [0.2, 0.25) is 0 Å². The molecular formula is C16H17FN2O2. The highest BCUT2D eigenvalue weighted by Gasteiger charge is 2.16. The second-order valence-electron chi connectivity index (χ2n) is 4.63. The molecule has 2 aromatic carbocycles. The summed E-state index contributed by atoms with van der Waals surface area (Å²) in [5.41, 5.74) is 6.87. The van der Waals surface area contributed by atoms with Crippen LogP contribution in [0.4, 0.5) is 4.39 Å². The van der Waals surface area contributed by atoms with Crippen molar-refractivity contribution in [2.24, 2.45) is 5.73 Å². The summed E-state index contributed by atoms with van der Waals surface area (Å²) in [6.45, 7) is 0.302. The molecule has 0 radical (unpaired) electrons. The fraction of sp³-hybridized carbons (Fsp3) is 0.188. The number of nitrogens with two attached hydrogens (primary N) is 1. The van der Waals surface area contributed by atoms with Crippen molar-refractivity contribution in [2.45, 2.75) is 12.6 Å². The van der Waals surface area contributed by atoms with E-state index >= 15 is 0 Å². The van der Waals surface area contributed by atoms with E-state index in [9.17, 15) is 9.18 Å². The molecule has 1 atom stereocenters. The monoisotopic (exact) mass is 288 g/mol. The number of carbonyl (C=O) groups is 1. The Bertz CT molecular complexity index is 617. The molecule has 0 aliphatic rings. The van der Waals surface area contributed by atoms with Gasteiger partial charge in [-0.25, -0.2) is 4.39 Å². The largest absolute Gasteiger partial charge is 0.497 e. The molecule has 0 aromatic heterocycles. The molecule has 1 amide bonds. The van der Waals surface area contributed by atoms with Crippen LogP contribution in [0.5, 0.6) is 5.75 Å². The first-order valence-electron chi connectivity index (χ1n) is 6.51. The Balaban J connectivity index is 2.13. The molecule has 2 rings (SSSR count). The van der Waals surface area contributed by atoms with E-state index in [1.54, 1.807) is 6.07 Å². The topological polar surface area (TPSA) is 64.3 Å². The van der Waals surface area contributed by atoms with Gasteiger partial charge in [-0.05, 0) is 23.3 Å². The van der Waals surface area contributed by atoms with Gasteiger partial charge in [0.25, 0.3) is 0 Å². The van der Waals surface area contributed by atoms with Crippen molar-refractivity contribution < 1.29 is 13.9 Å². The minimum absolute atomic E-state index is 0.302. The van der Waals surface area contributed by atoms with E-state index in [0.29, 0.717) is 17.9 Å². The number of hydrogen-bond acceptors (Lipinski definition) is 3. The van der Waals surface area contributed by atoms with Crippen molar-refractivity contribution in [1.29, 1.82) is 0 Å². The molecule has 2 aromatic rings. The second-order valence-corrected chi connectivity index (χ2v) is 4.63. The van der Waals surface area contributed by atoms with Gasteiger partial charge in [-0.1, -0.05) is 30.3 Å². The van der Waals surface area contributed by atoms with Crippen molar-refractivity contribution in [3.8, 4) is 5.75 Å². The molecule has 0 spiro atoms. The number of amides is 1. The smallest absolute Gasteiger partial charge is 0.239 e. The van der Waals surface area contributed by atoms with E-state index in [0.717, 1.165) is 5.56 Å². The number of carbonyl (C=O) groups excluding carboxylic acids is 1. The Morgan fingerprint density at radius 3 is 2.62 bits per heavy atom. The lowest BCUT2D eigenvalue weighted by molar-refractivity contribution is -0.120. The standard InChI is InChI=1S/C16H17FN2O2/c1-21-14-8-11(7-13(17)9-14)10-19-15(16(18)20)12-5-3-2-4-6-12/h2-9,15,19H,10H2,1H3,(H2,18,20)/t15-/m1/s1. The Labute approximate surface area is 122 Å². The van der Waals surface area contributed by atoms with E-state index < -0.39 is 11.9 Å². The van der Waals surface area contributed by atoms with Gasteiger partial charge in [-0.2, -0.15) is 0 Å². The van der Waals surface area contributed by atoms with Gasteiger partial charge in [0.2, 0.25) is 5.91 Å². The number of rotatable bonds is 6. The summed E-state index contributed by atoms with van der Waals surface area (Å²) in [5, 5.41) is 3.03. The minimum atomic E-state index is -0.625. The average Bonchev–Trinajstić information content (AvgIpc) is 2.47. The normalized spacial score (nSPS) is 11.9. The number of ether oxygens (including phenoxy) is 1. The third kappa shape index (κ3) is 4.03.